The van der Waals surface area contributed by atoms with Gasteiger partial charge in [-0.2, -0.15) is 19.8 Å². The Balaban J connectivity index is 1.69. The molecule has 2 rings (SSSR count). The number of hydrogen-bond acceptors (Lipinski definition) is 5. The fraction of sp³-hybridized carbons (Fsp3) is 0.333. The van der Waals surface area contributed by atoms with E-state index in [0.717, 1.165) is 12.0 Å². The molecule has 0 bridgehead atoms. The summed E-state index contributed by atoms with van der Waals surface area (Å²) in [5.41, 5.74) is 2.24. The molecule has 2 aromatic rings. The van der Waals surface area contributed by atoms with E-state index in [-0.39, 0.29) is 18.1 Å². The maximum atomic E-state index is 11.9. The number of hydrogen-bond donors (Lipinski definition) is 0. The van der Waals surface area contributed by atoms with Gasteiger partial charge in [0.1, 0.15) is 0 Å². The Kier molecular flexibility index (Phi) is 5.93. The van der Waals surface area contributed by atoms with E-state index in [2.05, 4.69) is 5.38 Å². The van der Waals surface area contributed by atoms with Gasteiger partial charge in [-0.15, -0.1) is 0 Å². The van der Waals surface area contributed by atoms with Gasteiger partial charge in [-0.1, -0.05) is 17.7 Å². The molecule has 6 heteroatoms. The molecule has 0 fully saturated rings. The van der Waals surface area contributed by atoms with Gasteiger partial charge in [-0.25, -0.2) is 0 Å². The van der Waals surface area contributed by atoms with Gasteiger partial charge in [0.15, 0.2) is 0 Å². The molecule has 0 unspecified atom stereocenters. The maximum absolute atomic E-state index is 11.9. The van der Waals surface area contributed by atoms with Gasteiger partial charge in [0, 0.05) is 0 Å². The van der Waals surface area contributed by atoms with Gasteiger partial charge in [0.2, 0.25) is 0 Å². The quantitative estimate of drug-likeness (QED) is 0.553. The summed E-state index contributed by atoms with van der Waals surface area (Å²) in [6.45, 7) is 2.75. The summed E-state index contributed by atoms with van der Waals surface area (Å²) in [6, 6.07) is 8.62. The second-order valence-corrected chi connectivity index (χ2v) is 6.98. The fourth-order valence-electron chi connectivity index (χ4n) is 1.70. The van der Waals surface area contributed by atoms with E-state index in [4.69, 9.17) is 8.92 Å². The van der Waals surface area contributed by atoms with E-state index in [9.17, 15) is 8.42 Å². The van der Waals surface area contributed by atoms with E-state index >= 15 is 0 Å². The van der Waals surface area contributed by atoms with Crippen LogP contribution in [0.25, 0.3) is 0 Å². The summed E-state index contributed by atoms with van der Waals surface area (Å²) in [7, 11) is -3.69. The zero-order chi connectivity index (χ0) is 15.1. The van der Waals surface area contributed by atoms with Crippen LogP contribution in [0, 0.1) is 6.92 Å². The van der Waals surface area contributed by atoms with Crippen molar-refractivity contribution in [2.75, 3.05) is 19.8 Å². The predicted molar refractivity (Wildman–Crippen MR) is 83.2 cm³/mol. The van der Waals surface area contributed by atoms with Crippen LogP contribution in [0.3, 0.4) is 0 Å². The number of ether oxygens (including phenoxy) is 1. The molecular weight excluding hydrogens is 308 g/mol. The van der Waals surface area contributed by atoms with Crippen LogP contribution in [0.4, 0.5) is 0 Å². The molecule has 0 saturated carbocycles. The predicted octanol–water partition coefficient (Wildman–Crippen LogP) is 3.02. The number of benzene rings is 1. The molecule has 114 valence electrons. The molecule has 0 amide bonds. The zero-order valence-electron chi connectivity index (χ0n) is 11.8. The first-order chi connectivity index (χ1) is 10.1. The normalized spacial score (nSPS) is 11.7. The number of thiophene rings is 1. The Hall–Kier alpha value is -1.21. The standard InChI is InChI=1S/C15H18O4S2/c1-13-2-4-15(5-3-13)21(16,17)19-10-9-18-8-6-14-7-11-20-12-14/h2-5,7,11-12H,6,8-10H2,1H3. The van der Waals surface area contributed by atoms with E-state index in [1.165, 1.54) is 5.56 Å². The molecule has 21 heavy (non-hydrogen) atoms. The minimum absolute atomic E-state index is 0.0276. The molecule has 0 aliphatic carbocycles. The average Bonchev–Trinajstić information content (AvgIpc) is 2.96. The summed E-state index contributed by atoms with van der Waals surface area (Å²) in [4.78, 5) is 0.173. The SMILES string of the molecule is Cc1ccc(S(=O)(=O)OCCOCCc2ccsc2)cc1. The second-order valence-electron chi connectivity index (χ2n) is 4.58. The van der Waals surface area contributed by atoms with Crippen molar-refractivity contribution in [3.05, 3.63) is 52.2 Å². The van der Waals surface area contributed by atoms with Crippen LogP contribution in [-0.2, 0) is 25.5 Å². The molecule has 1 heterocycles. The molecule has 0 N–H and O–H groups in total. The highest BCUT2D eigenvalue weighted by atomic mass is 32.2. The molecule has 0 radical (unpaired) electrons. The minimum Gasteiger partial charge on any atom is -0.379 e. The first-order valence-corrected chi connectivity index (χ1v) is 8.98. The Morgan fingerprint density at radius 2 is 1.81 bits per heavy atom. The summed E-state index contributed by atoms with van der Waals surface area (Å²) in [5, 5.41) is 4.09. The molecule has 1 aromatic carbocycles. The maximum Gasteiger partial charge on any atom is 0.297 e. The lowest BCUT2D eigenvalue weighted by atomic mass is 10.2. The lowest BCUT2D eigenvalue weighted by Crippen LogP contribution is -2.12. The van der Waals surface area contributed by atoms with Crippen molar-refractivity contribution < 1.29 is 17.3 Å². The van der Waals surface area contributed by atoms with Crippen molar-refractivity contribution in [3.8, 4) is 0 Å². The number of aryl methyl sites for hydroxylation is 1. The van der Waals surface area contributed by atoms with Crippen LogP contribution in [-0.4, -0.2) is 28.2 Å². The van der Waals surface area contributed by atoms with Crippen molar-refractivity contribution in [2.24, 2.45) is 0 Å². The van der Waals surface area contributed by atoms with Gasteiger partial charge < -0.3 is 4.74 Å². The van der Waals surface area contributed by atoms with E-state index in [0.29, 0.717) is 6.61 Å². The summed E-state index contributed by atoms with van der Waals surface area (Å²) in [5.74, 6) is 0. The molecule has 0 aliphatic rings. The third kappa shape index (κ3) is 5.24. The van der Waals surface area contributed by atoms with Crippen LogP contribution in [0.15, 0.2) is 46.0 Å². The zero-order valence-corrected chi connectivity index (χ0v) is 13.5. The first kappa shape index (κ1) is 16.2. The van der Waals surface area contributed by atoms with E-state index < -0.39 is 10.1 Å². The summed E-state index contributed by atoms with van der Waals surface area (Å²) >= 11 is 1.65. The summed E-state index contributed by atoms with van der Waals surface area (Å²) in [6.07, 6.45) is 0.828. The van der Waals surface area contributed by atoms with Crippen molar-refractivity contribution in [1.29, 1.82) is 0 Å². The Bertz CT molecular complexity index is 631. The lowest BCUT2D eigenvalue weighted by Gasteiger charge is -2.06. The van der Waals surface area contributed by atoms with Gasteiger partial charge in [0.05, 0.1) is 24.7 Å². The lowest BCUT2D eigenvalue weighted by molar-refractivity contribution is 0.104. The smallest absolute Gasteiger partial charge is 0.297 e. The molecule has 0 spiro atoms. The highest BCUT2D eigenvalue weighted by Crippen LogP contribution is 2.13. The monoisotopic (exact) mass is 326 g/mol. The minimum atomic E-state index is -3.69. The molecule has 0 saturated heterocycles. The van der Waals surface area contributed by atoms with Gasteiger partial charge in [0.25, 0.3) is 10.1 Å². The van der Waals surface area contributed by atoms with Gasteiger partial charge in [-0.3, -0.25) is 4.18 Å². The van der Waals surface area contributed by atoms with Crippen molar-refractivity contribution in [3.63, 3.8) is 0 Å². The molecular formula is C15H18O4S2. The van der Waals surface area contributed by atoms with Crippen molar-refractivity contribution in [1.82, 2.24) is 0 Å². The fourth-order valence-corrected chi connectivity index (χ4v) is 3.30. The Morgan fingerprint density at radius 1 is 1.05 bits per heavy atom. The van der Waals surface area contributed by atoms with Crippen LogP contribution in [0.5, 0.6) is 0 Å². The largest absolute Gasteiger partial charge is 0.379 e. The van der Waals surface area contributed by atoms with Crippen molar-refractivity contribution >= 4 is 21.5 Å². The van der Waals surface area contributed by atoms with Crippen LogP contribution in [0.1, 0.15) is 11.1 Å². The van der Waals surface area contributed by atoms with Gasteiger partial charge >= 0.3 is 0 Å². The van der Waals surface area contributed by atoms with E-state index in [1.54, 1.807) is 35.6 Å². The van der Waals surface area contributed by atoms with Crippen LogP contribution < -0.4 is 0 Å². The number of rotatable bonds is 8. The second kappa shape index (κ2) is 7.70. The molecule has 4 nitrogen and oxygen atoms in total. The Labute approximate surface area is 129 Å². The first-order valence-electron chi connectivity index (χ1n) is 6.63. The molecule has 0 atom stereocenters. The molecule has 0 aliphatic heterocycles. The topological polar surface area (TPSA) is 52.6 Å². The van der Waals surface area contributed by atoms with E-state index in [1.807, 2.05) is 18.4 Å². The Morgan fingerprint density at radius 3 is 2.48 bits per heavy atom. The average molecular weight is 326 g/mol. The van der Waals surface area contributed by atoms with Gasteiger partial charge in [-0.05, 0) is 47.9 Å². The molecule has 1 aromatic heterocycles. The summed E-state index contributed by atoms with van der Waals surface area (Å²) < 4.78 is 34.1. The van der Waals surface area contributed by atoms with Crippen molar-refractivity contribution in [2.45, 2.75) is 18.2 Å². The van der Waals surface area contributed by atoms with Crippen LogP contribution >= 0.6 is 11.3 Å². The third-order valence-corrected chi connectivity index (χ3v) is 4.95. The highest BCUT2D eigenvalue weighted by molar-refractivity contribution is 7.86. The third-order valence-electron chi connectivity index (χ3n) is 2.89. The van der Waals surface area contributed by atoms with Crippen LogP contribution in [0.2, 0.25) is 0 Å². The highest BCUT2D eigenvalue weighted by Gasteiger charge is 2.14.